The zero-order valence-corrected chi connectivity index (χ0v) is 28.8. The first-order chi connectivity index (χ1) is 21.5. The maximum Gasteiger partial charge on any atom is 0.224 e. The number of fused-ring (bicyclic) bond motifs is 1. The molecule has 2 atom stereocenters. The topological polar surface area (TPSA) is 114 Å². The smallest absolute Gasteiger partial charge is 0.224 e. The fourth-order valence-electron chi connectivity index (χ4n) is 6.59. The molecule has 45 heavy (non-hydrogen) atoms. The van der Waals surface area contributed by atoms with Crippen LogP contribution in [-0.4, -0.2) is 73.0 Å². The lowest BCUT2D eigenvalue weighted by molar-refractivity contribution is -0.130. The van der Waals surface area contributed by atoms with Gasteiger partial charge in [-0.1, -0.05) is 58.6 Å². The molecule has 0 spiro atoms. The molecule has 8 nitrogen and oxygen atoms in total. The summed E-state index contributed by atoms with van der Waals surface area (Å²) in [6.45, 7) is 9.33. The van der Waals surface area contributed by atoms with Crippen molar-refractivity contribution in [3.8, 4) is 0 Å². The van der Waals surface area contributed by atoms with Crippen molar-refractivity contribution < 1.29 is 22.8 Å². The van der Waals surface area contributed by atoms with Gasteiger partial charge in [0.25, 0.3) is 0 Å². The van der Waals surface area contributed by atoms with Crippen molar-refractivity contribution in [3.05, 3.63) is 40.9 Å². The average molecular weight is 658 g/mol. The van der Waals surface area contributed by atoms with Gasteiger partial charge in [0.2, 0.25) is 5.91 Å². The zero-order chi connectivity index (χ0) is 32.4. The van der Waals surface area contributed by atoms with Crippen LogP contribution in [0.15, 0.2) is 30.4 Å². The summed E-state index contributed by atoms with van der Waals surface area (Å²) >= 11 is 1.60. The second-order valence-corrected chi connectivity index (χ2v) is 16.5. The van der Waals surface area contributed by atoms with E-state index in [2.05, 4.69) is 31.0 Å². The first-order valence-electron chi connectivity index (χ1n) is 16.9. The van der Waals surface area contributed by atoms with E-state index in [0.29, 0.717) is 50.4 Å². The minimum absolute atomic E-state index is 0.0399. The molecule has 2 fully saturated rings. The predicted molar refractivity (Wildman–Crippen MR) is 182 cm³/mol. The molecule has 2 heterocycles. The maximum atomic E-state index is 13.9. The van der Waals surface area contributed by atoms with E-state index in [4.69, 9.17) is 4.98 Å². The second kappa shape index (κ2) is 16.9. The molecule has 1 aliphatic carbocycles. The number of Topliss-reactive ketones (excluding diaryl/α,β-unsaturated/α-hetero) is 2. The highest BCUT2D eigenvalue weighted by Gasteiger charge is 2.28. The highest BCUT2D eigenvalue weighted by molar-refractivity contribution is 7.91. The third-order valence-electron chi connectivity index (χ3n) is 9.35. The number of carbonyl (C=O) groups is 3. The van der Waals surface area contributed by atoms with Gasteiger partial charge in [-0.05, 0) is 49.3 Å². The Bertz CT molecular complexity index is 1430. The molecule has 1 N–H and O–H groups in total. The van der Waals surface area contributed by atoms with Gasteiger partial charge in [0.15, 0.2) is 15.6 Å². The van der Waals surface area contributed by atoms with Crippen LogP contribution >= 0.6 is 11.3 Å². The summed E-state index contributed by atoms with van der Waals surface area (Å²) in [5, 5.41) is 4.16. The Hall–Kier alpha value is -2.43. The van der Waals surface area contributed by atoms with Crippen LogP contribution in [0.25, 0.3) is 10.2 Å². The molecule has 4 rings (SSSR count). The molecule has 0 radical (unpaired) electrons. The molecule has 0 bridgehead atoms. The molecule has 2 aromatic rings. The van der Waals surface area contributed by atoms with Gasteiger partial charge in [-0.3, -0.25) is 19.3 Å². The summed E-state index contributed by atoms with van der Waals surface area (Å²) in [4.78, 5) is 46.6. The van der Waals surface area contributed by atoms with Crippen LogP contribution in [0.2, 0.25) is 0 Å². The zero-order valence-electron chi connectivity index (χ0n) is 27.2. The van der Waals surface area contributed by atoms with E-state index < -0.39 is 15.8 Å². The Morgan fingerprint density at radius 2 is 1.82 bits per heavy atom. The normalized spacial score (nSPS) is 18.8. The standard InChI is InChI=1S/C35H51N3O5S2/c1-4-9-30(39)22-28(23-34-37-31-14-12-26(5-2)21-33(31)44-34)35(41)36-29(20-27-10-7-6-8-11-27)13-15-32(40)25(3)24-38-16-18-45(42,43)19-17-38/h12,14,21,27-29H,3-11,13,15-20,22-24H2,1-2H3,(H,36,41)/t28-,29+/m0/s1. The molecule has 1 saturated carbocycles. The van der Waals surface area contributed by atoms with E-state index in [9.17, 15) is 22.8 Å². The number of amides is 1. The van der Waals surface area contributed by atoms with Crippen molar-refractivity contribution in [1.82, 2.24) is 15.2 Å². The Balaban J connectivity index is 1.42. The summed E-state index contributed by atoms with van der Waals surface area (Å²) in [7, 11) is -2.99. The minimum atomic E-state index is -2.99. The summed E-state index contributed by atoms with van der Waals surface area (Å²) in [6, 6.07) is 6.11. The van der Waals surface area contributed by atoms with Gasteiger partial charge in [0.1, 0.15) is 5.78 Å². The third-order valence-corrected chi connectivity index (χ3v) is 12.0. The van der Waals surface area contributed by atoms with E-state index in [0.717, 1.165) is 47.3 Å². The monoisotopic (exact) mass is 657 g/mol. The van der Waals surface area contributed by atoms with Crippen LogP contribution in [0, 0.1) is 11.8 Å². The van der Waals surface area contributed by atoms with Crippen LogP contribution < -0.4 is 5.32 Å². The van der Waals surface area contributed by atoms with Crippen molar-refractivity contribution in [2.75, 3.05) is 31.1 Å². The lowest BCUT2D eigenvalue weighted by atomic mass is 9.83. The molecule has 0 unspecified atom stereocenters. The fourth-order valence-corrected chi connectivity index (χ4v) is 8.98. The van der Waals surface area contributed by atoms with E-state index >= 15 is 0 Å². The predicted octanol–water partition coefficient (Wildman–Crippen LogP) is 5.87. The molecular weight excluding hydrogens is 607 g/mol. The fraction of sp³-hybridized carbons (Fsp3) is 0.657. The van der Waals surface area contributed by atoms with Gasteiger partial charge in [0, 0.05) is 56.9 Å². The number of thiazole rings is 1. The minimum Gasteiger partial charge on any atom is -0.353 e. The molecule has 2 aliphatic rings. The van der Waals surface area contributed by atoms with Crippen molar-refractivity contribution in [2.45, 2.75) is 103 Å². The van der Waals surface area contributed by atoms with Gasteiger partial charge in [-0.25, -0.2) is 13.4 Å². The van der Waals surface area contributed by atoms with Crippen LogP contribution in [-0.2, 0) is 37.1 Å². The first-order valence-corrected chi connectivity index (χ1v) is 19.5. The lowest BCUT2D eigenvalue weighted by Crippen LogP contribution is -2.42. The largest absolute Gasteiger partial charge is 0.353 e. The van der Waals surface area contributed by atoms with Gasteiger partial charge in [-0.15, -0.1) is 11.3 Å². The van der Waals surface area contributed by atoms with Crippen LogP contribution in [0.1, 0.15) is 95.0 Å². The number of aromatic nitrogens is 1. The van der Waals surface area contributed by atoms with Crippen molar-refractivity contribution in [2.24, 2.45) is 11.8 Å². The summed E-state index contributed by atoms with van der Waals surface area (Å²) in [5.74, 6) is 0.148. The van der Waals surface area contributed by atoms with Gasteiger partial charge < -0.3 is 5.32 Å². The molecular formula is C35H51N3O5S2. The number of hydrogen-bond acceptors (Lipinski definition) is 8. The quantitative estimate of drug-likeness (QED) is 0.212. The van der Waals surface area contributed by atoms with Crippen molar-refractivity contribution in [1.29, 1.82) is 0 Å². The molecule has 10 heteroatoms. The molecule has 1 amide bonds. The summed E-state index contributed by atoms with van der Waals surface area (Å²) in [5.41, 5.74) is 2.66. The number of nitrogens with zero attached hydrogens (tertiary/aromatic N) is 2. The number of carbonyl (C=O) groups excluding carboxylic acids is 3. The van der Waals surface area contributed by atoms with Crippen LogP contribution in [0.4, 0.5) is 0 Å². The SMILES string of the molecule is C=C(CN1CCS(=O)(=O)CC1)C(=O)CC[C@H](CC1CCCCC1)NC(=O)[C@@H](CC(=O)CCC)Cc1nc2ccc(CC)cc2s1. The molecule has 1 saturated heterocycles. The van der Waals surface area contributed by atoms with E-state index in [1.54, 1.807) is 11.3 Å². The number of sulfone groups is 1. The highest BCUT2D eigenvalue weighted by Crippen LogP contribution is 2.30. The average Bonchev–Trinajstić information content (AvgIpc) is 3.42. The van der Waals surface area contributed by atoms with Gasteiger partial charge in [-0.2, -0.15) is 0 Å². The van der Waals surface area contributed by atoms with E-state index in [1.807, 2.05) is 17.9 Å². The number of aryl methyl sites for hydroxylation is 1. The number of ketones is 2. The molecule has 1 aliphatic heterocycles. The first kappa shape index (κ1) is 35.4. The summed E-state index contributed by atoms with van der Waals surface area (Å²) in [6.07, 6.45) is 10.3. The summed E-state index contributed by atoms with van der Waals surface area (Å²) < 4.78 is 24.7. The van der Waals surface area contributed by atoms with Crippen molar-refractivity contribution in [3.63, 3.8) is 0 Å². The van der Waals surface area contributed by atoms with Crippen LogP contribution in [0.3, 0.4) is 0 Å². The number of hydrogen-bond donors (Lipinski definition) is 1. The third kappa shape index (κ3) is 11.1. The molecule has 248 valence electrons. The molecule has 1 aromatic carbocycles. The van der Waals surface area contributed by atoms with Gasteiger partial charge in [0.05, 0.1) is 32.6 Å². The van der Waals surface area contributed by atoms with Crippen molar-refractivity contribution >= 4 is 48.9 Å². The van der Waals surface area contributed by atoms with Crippen LogP contribution in [0.5, 0.6) is 0 Å². The Labute approximate surface area is 273 Å². The highest BCUT2D eigenvalue weighted by atomic mass is 32.2. The van der Waals surface area contributed by atoms with E-state index in [-0.39, 0.29) is 47.9 Å². The number of nitrogens with one attached hydrogen (secondary N) is 1. The van der Waals surface area contributed by atoms with E-state index in [1.165, 1.54) is 24.8 Å². The maximum absolute atomic E-state index is 13.9. The number of rotatable bonds is 17. The lowest BCUT2D eigenvalue weighted by Gasteiger charge is -2.29. The Kier molecular flexibility index (Phi) is 13.3. The number of benzene rings is 1. The van der Waals surface area contributed by atoms with Gasteiger partial charge >= 0.3 is 0 Å². The Morgan fingerprint density at radius 3 is 2.51 bits per heavy atom. The second-order valence-electron chi connectivity index (χ2n) is 13.1. The Morgan fingerprint density at radius 1 is 1.09 bits per heavy atom. The molecule has 1 aromatic heterocycles.